The molecule has 0 spiro atoms. The summed E-state index contributed by atoms with van der Waals surface area (Å²) >= 11 is 0. The zero-order valence-electron chi connectivity index (χ0n) is 13.0. The van der Waals surface area contributed by atoms with Crippen LogP contribution in [0.3, 0.4) is 0 Å². The first-order valence-corrected chi connectivity index (χ1v) is 7.53. The molecule has 1 saturated heterocycles. The van der Waals surface area contributed by atoms with Crippen molar-refractivity contribution in [3.05, 3.63) is 24.3 Å². The SMILES string of the molecule is COCCCOc1cccc(NC(=O)CC2CCCN2)c1.Cl. The quantitative estimate of drug-likeness (QED) is 0.720. The minimum absolute atomic E-state index is 0. The van der Waals surface area contributed by atoms with Gasteiger partial charge in [0.1, 0.15) is 5.75 Å². The second kappa shape index (κ2) is 10.4. The average molecular weight is 329 g/mol. The number of methoxy groups -OCH3 is 1. The molecule has 0 radical (unpaired) electrons. The van der Waals surface area contributed by atoms with Crippen LogP contribution in [-0.4, -0.2) is 38.8 Å². The van der Waals surface area contributed by atoms with Gasteiger partial charge >= 0.3 is 0 Å². The van der Waals surface area contributed by atoms with Crippen LogP contribution in [0, 0.1) is 0 Å². The van der Waals surface area contributed by atoms with Crippen molar-refractivity contribution in [1.29, 1.82) is 0 Å². The Labute approximate surface area is 138 Å². The summed E-state index contributed by atoms with van der Waals surface area (Å²) in [5.41, 5.74) is 0.780. The summed E-state index contributed by atoms with van der Waals surface area (Å²) in [6.45, 7) is 2.31. The lowest BCUT2D eigenvalue weighted by molar-refractivity contribution is -0.116. The van der Waals surface area contributed by atoms with Gasteiger partial charge in [0, 0.05) is 44.4 Å². The largest absolute Gasteiger partial charge is 0.493 e. The smallest absolute Gasteiger partial charge is 0.225 e. The Hall–Kier alpha value is -1.30. The maximum atomic E-state index is 12.0. The molecule has 5 nitrogen and oxygen atoms in total. The van der Waals surface area contributed by atoms with Crippen LogP contribution in [0.25, 0.3) is 0 Å². The molecule has 22 heavy (non-hydrogen) atoms. The molecule has 2 N–H and O–H groups in total. The third-order valence-corrected chi connectivity index (χ3v) is 3.47. The van der Waals surface area contributed by atoms with Gasteiger partial charge in [-0.05, 0) is 31.5 Å². The Morgan fingerprint density at radius 1 is 1.41 bits per heavy atom. The predicted octanol–water partition coefficient (Wildman–Crippen LogP) is 2.60. The van der Waals surface area contributed by atoms with Crippen molar-refractivity contribution in [2.75, 3.05) is 32.2 Å². The number of ether oxygens (including phenoxy) is 2. The van der Waals surface area contributed by atoms with E-state index >= 15 is 0 Å². The Bertz CT molecular complexity index is 451. The van der Waals surface area contributed by atoms with Crippen molar-refractivity contribution < 1.29 is 14.3 Å². The van der Waals surface area contributed by atoms with Gasteiger partial charge in [-0.3, -0.25) is 4.79 Å². The first-order chi connectivity index (χ1) is 10.3. The number of nitrogens with one attached hydrogen (secondary N) is 2. The molecule has 0 bridgehead atoms. The van der Waals surface area contributed by atoms with Crippen molar-refractivity contribution in [2.45, 2.75) is 31.7 Å². The van der Waals surface area contributed by atoms with E-state index in [1.807, 2.05) is 24.3 Å². The van der Waals surface area contributed by atoms with Crippen LogP contribution in [0.2, 0.25) is 0 Å². The molecule has 0 aliphatic carbocycles. The molecule has 1 atom stereocenters. The van der Waals surface area contributed by atoms with Crippen molar-refractivity contribution in [2.24, 2.45) is 0 Å². The highest BCUT2D eigenvalue weighted by molar-refractivity contribution is 5.91. The number of benzene rings is 1. The Kier molecular flexibility index (Phi) is 8.89. The lowest BCUT2D eigenvalue weighted by atomic mass is 10.1. The van der Waals surface area contributed by atoms with E-state index < -0.39 is 0 Å². The van der Waals surface area contributed by atoms with Crippen molar-refractivity contribution in [3.8, 4) is 5.75 Å². The third-order valence-electron chi connectivity index (χ3n) is 3.47. The molecule has 1 amide bonds. The number of halogens is 1. The highest BCUT2D eigenvalue weighted by Crippen LogP contribution is 2.18. The highest BCUT2D eigenvalue weighted by Gasteiger charge is 2.17. The van der Waals surface area contributed by atoms with E-state index in [1.165, 1.54) is 0 Å². The zero-order chi connectivity index (χ0) is 14.9. The predicted molar refractivity (Wildman–Crippen MR) is 89.9 cm³/mol. The number of hydrogen-bond donors (Lipinski definition) is 2. The summed E-state index contributed by atoms with van der Waals surface area (Å²) in [5, 5.41) is 6.25. The van der Waals surface area contributed by atoms with Gasteiger partial charge in [0.15, 0.2) is 0 Å². The number of amides is 1. The van der Waals surface area contributed by atoms with Gasteiger partial charge in [-0.25, -0.2) is 0 Å². The van der Waals surface area contributed by atoms with Gasteiger partial charge in [-0.2, -0.15) is 0 Å². The fourth-order valence-corrected chi connectivity index (χ4v) is 2.42. The highest BCUT2D eigenvalue weighted by atomic mass is 35.5. The minimum atomic E-state index is 0. The number of hydrogen-bond acceptors (Lipinski definition) is 4. The van der Waals surface area contributed by atoms with Crippen molar-refractivity contribution in [3.63, 3.8) is 0 Å². The van der Waals surface area contributed by atoms with Gasteiger partial charge < -0.3 is 20.1 Å². The lowest BCUT2D eigenvalue weighted by Crippen LogP contribution is -2.27. The van der Waals surface area contributed by atoms with Gasteiger partial charge in [0.05, 0.1) is 6.61 Å². The molecular weight excluding hydrogens is 304 g/mol. The summed E-state index contributed by atoms with van der Waals surface area (Å²) < 4.78 is 10.6. The fraction of sp³-hybridized carbons (Fsp3) is 0.562. The third kappa shape index (κ3) is 6.64. The first kappa shape index (κ1) is 18.7. The van der Waals surface area contributed by atoms with Crippen molar-refractivity contribution >= 4 is 24.0 Å². The molecule has 1 aromatic carbocycles. The van der Waals surface area contributed by atoms with Gasteiger partial charge in [-0.15, -0.1) is 12.4 Å². The molecular formula is C16H25ClN2O3. The maximum Gasteiger partial charge on any atom is 0.225 e. The van der Waals surface area contributed by atoms with Gasteiger partial charge in [0.2, 0.25) is 5.91 Å². The summed E-state index contributed by atoms with van der Waals surface area (Å²) in [5.74, 6) is 0.814. The van der Waals surface area contributed by atoms with Crippen LogP contribution in [0.4, 0.5) is 5.69 Å². The van der Waals surface area contributed by atoms with Crippen LogP contribution in [-0.2, 0) is 9.53 Å². The first-order valence-electron chi connectivity index (χ1n) is 7.53. The monoisotopic (exact) mass is 328 g/mol. The summed E-state index contributed by atoms with van der Waals surface area (Å²) in [7, 11) is 1.68. The number of carbonyl (C=O) groups excluding carboxylic acids is 1. The molecule has 1 aliphatic rings. The molecule has 1 heterocycles. The minimum Gasteiger partial charge on any atom is -0.493 e. The molecule has 0 aromatic heterocycles. The Morgan fingerprint density at radius 3 is 3.00 bits per heavy atom. The van der Waals surface area contributed by atoms with E-state index in [-0.39, 0.29) is 18.3 Å². The van der Waals surface area contributed by atoms with E-state index in [4.69, 9.17) is 9.47 Å². The molecule has 1 unspecified atom stereocenters. The molecule has 1 fully saturated rings. The van der Waals surface area contributed by atoms with Crippen LogP contribution < -0.4 is 15.4 Å². The number of rotatable bonds is 8. The van der Waals surface area contributed by atoms with Crippen LogP contribution in [0.1, 0.15) is 25.7 Å². The zero-order valence-corrected chi connectivity index (χ0v) is 13.8. The summed E-state index contributed by atoms with van der Waals surface area (Å²) in [6.07, 6.45) is 3.61. The van der Waals surface area contributed by atoms with Crippen molar-refractivity contribution in [1.82, 2.24) is 5.32 Å². The molecule has 6 heteroatoms. The van der Waals surface area contributed by atoms with E-state index in [0.717, 1.165) is 37.2 Å². The molecule has 2 rings (SSSR count). The number of anilines is 1. The molecule has 1 aromatic rings. The van der Waals surface area contributed by atoms with E-state index in [9.17, 15) is 4.79 Å². The molecule has 0 saturated carbocycles. The topological polar surface area (TPSA) is 59.6 Å². The van der Waals surface area contributed by atoms with Crippen LogP contribution in [0.5, 0.6) is 5.75 Å². The van der Waals surface area contributed by atoms with E-state index in [0.29, 0.717) is 25.7 Å². The second-order valence-electron chi connectivity index (χ2n) is 5.27. The Balaban J connectivity index is 0.00000242. The van der Waals surface area contributed by atoms with E-state index in [1.54, 1.807) is 7.11 Å². The molecule has 124 valence electrons. The van der Waals surface area contributed by atoms with Crippen LogP contribution >= 0.6 is 12.4 Å². The average Bonchev–Trinajstić information content (AvgIpc) is 2.97. The summed E-state index contributed by atoms with van der Waals surface area (Å²) in [6, 6.07) is 7.82. The van der Waals surface area contributed by atoms with E-state index in [2.05, 4.69) is 10.6 Å². The second-order valence-corrected chi connectivity index (χ2v) is 5.27. The normalized spacial score (nSPS) is 16.9. The van der Waals surface area contributed by atoms with Gasteiger partial charge in [-0.1, -0.05) is 6.07 Å². The summed E-state index contributed by atoms with van der Waals surface area (Å²) in [4.78, 5) is 12.0. The molecule has 1 aliphatic heterocycles. The Morgan fingerprint density at radius 2 is 2.27 bits per heavy atom. The lowest BCUT2D eigenvalue weighted by Gasteiger charge is -2.11. The number of carbonyl (C=O) groups is 1. The van der Waals surface area contributed by atoms with Crippen LogP contribution in [0.15, 0.2) is 24.3 Å². The standard InChI is InChI=1S/C16H24N2O3.ClH/c1-20-9-4-10-21-15-7-2-5-14(11-15)18-16(19)12-13-6-3-8-17-13;/h2,5,7,11,13,17H,3-4,6,8-10,12H2,1H3,(H,18,19);1H. The fourth-order valence-electron chi connectivity index (χ4n) is 2.42. The maximum absolute atomic E-state index is 12.0. The van der Waals surface area contributed by atoms with Gasteiger partial charge in [0.25, 0.3) is 0 Å².